The van der Waals surface area contributed by atoms with Crippen molar-refractivity contribution in [1.82, 2.24) is 9.80 Å². The van der Waals surface area contributed by atoms with Gasteiger partial charge >= 0.3 is 11.9 Å². The Kier molecular flexibility index (Phi) is 6.17. The molecule has 0 aliphatic carbocycles. The third kappa shape index (κ3) is 3.54. The summed E-state index contributed by atoms with van der Waals surface area (Å²) in [6.45, 7) is 7.15. The number of nitrogens with two attached hydrogens (primary N) is 1. The second kappa shape index (κ2) is 9.65. The topological polar surface area (TPSA) is 157 Å². The average molecular weight is 635 g/mol. The summed E-state index contributed by atoms with van der Waals surface area (Å²) in [5, 5.41) is 22.3. The van der Waals surface area contributed by atoms with Crippen LogP contribution in [0.4, 0.5) is 0 Å². The van der Waals surface area contributed by atoms with E-state index in [1.165, 1.54) is 18.7 Å². The molecular formula is C32H34N4O8S. The molecule has 3 saturated heterocycles. The number of aromatic hydroxyl groups is 1. The molecule has 2 aromatic rings. The van der Waals surface area contributed by atoms with Gasteiger partial charge < -0.3 is 34.5 Å². The standard InChI is InChI=1S/C32H34N4O8S/c1-12-6-15-20(25(38)26(12)40-5)23-24-30-22-21(29-28(42-11-43-29)13(2)27(22)44-14(3)37)19(9-41-31(39)16(34)10-45-30)35(24)18(8-33)17-7-32(15,4)36(17)23/h6,16-19,23-24,30,38H,7,9-11,34H2,1-5H3/t16?,17-,18-,19-,23+,24?,30+,32+/m0/s1. The van der Waals surface area contributed by atoms with Crippen molar-refractivity contribution >= 4 is 23.7 Å². The number of phenols is 1. The van der Waals surface area contributed by atoms with Crippen LogP contribution < -0.4 is 24.7 Å². The number of nitrogens with zero attached hydrogens (tertiary/aromatic N) is 3. The first-order valence-electron chi connectivity index (χ1n) is 15.1. The molecule has 236 valence electrons. The predicted molar refractivity (Wildman–Crippen MR) is 160 cm³/mol. The zero-order valence-electron chi connectivity index (χ0n) is 25.6. The molecule has 12 nitrogen and oxygen atoms in total. The van der Waals surface area contributed by atoms with E-state index in [9.17, 15) is 20.0 Å². The summed E-state index contributed by atoms with van der Waals surface area (Å²) >= 11 is 1.46. The lowest BCUT2D eigenvalue weighted by atomic mass is 9.70. The summed E-state index contributed by atoms with van der Waals surface area (Å²) in [4.78, 5) is 30.1. The van der Waals surface area contributed by atoms with Gasteiger partial charge in [0.05, 0.1) is 30.5 Å². The number of fused-ring (bicyclic) bond motifs is 8. The Labute approximate surface area is 264 Å². The molecule has 3 N–H and O–H groups in total. The molecule has 6 heterocycles. The maximum absolute atomic E-state index is 13.0. The van der Waals surface area contributed by atoms with Crippen LogP contribution in [-0.4, -0.2) is 77.3 Å². The van der Waals surface area contributed by atoms with E-state index in [2.05, 4.69) is 28.9 Å². The molecule has 3 fully saturated rings. The Morgan fingerprint density at radius 3 is 2.67 bits per heavy atom. The Bertz CT molecular complexity index is 1740. The summed E-state index contributed by atoms with van der Waals surface area (Å²) in [5.41, 5.74) is 10.6. The number of piperazine rings is 1. The Hall–Kier alpha value is -3.70. The molecule has 45 heavy (non-hydrogen) atoms. The van der Waals surface area contributed by atoms with Crippen molar-refractivity contribution in [3.05, 3.63) is 39.4 Å². The summed E-state index contributed by atoms with van der Waals surface area (Å²) in [6, 6.07) is 1.64. The van der Waals surface area contributed by atoms with Crippen LogP contribution in [-0.2, 0) is 19.9 Å². The molecule has 6 aliphatic heterocycles. The molecule has 0 saturated carbocycles. The highest BCUT2D eigenvalue weighted by Crippen LogP contribution is 2.70. The lowest BCUT2D eigenvalue weighted by Gasteiger charge is -2.66. The highest BCUT2D eigenvalue weighted by atomic mass is 32.2. The average Bonchev–Trinajstić information content (AvgIpc) is 3.56. The number of cyclic esters (lactones) is 1. The van der Waals surface area contributed by atoms with Gasteiger partial charge in [-0.15, -0.1) is 11.8 Å². The van der Waals surface area contributed by atoms with Crippen LogP contribution in [0.15, 0.2) is 6.07 Å². The molecule has 2 bridgehead atoms. The van der Waals surface area contributed by atoms with Crippen molar-refractivity contribution in [2.75, 3.05) is 26.3 Å². The lowest BCUT2D eigenvalue weighted by Crippen LogP contribution is -2.75. The Morgan fingerprint density at radius 1 is 1.20 bits per heavy atom. The number of hydrogen-bond donors (Lipinski definition) is 2. The van der Waals surface area contributed by atoms with E-state index in [0.29, 0.717) is 40.5 Å². The number of phenolic OH excluding ortho intramolecular Hbond substituents is 1. The van der Waals surface area contributed by atoms with Gasteiger partial charge in [0, 0.05) is 52.6 Å². The Balaban J connectivity index is 1.45. The number of carbonyl (C=O) groups excluding carboxylic acids is 2. The van der Waals surface area contributed by atoms with E-state index in [-0.39, 0.29) is 37.0 Å². The Morgan fingerprint density at radius 2 is 1.96 bits per heavy atom. The number of hydrogen-bond acceptors (Lipinski definition) is 13. The largest absolute Gasteiger partial charge is 0.504 e. The molecule has 8 rings (SSSR count). The van der Waals surface area contributed by atoms with Gasteiger partial charge in [-0.1, -0.05) is 0 Å². The molecule has 13 heteroatoms. The maximum Gasteiger partial charge on any atom is 0.323 e. The zero-order chi connectivity index (χ0) is 31.7. The fourth-order valence-electron chi connectivity index (χ4n) is 9.00. The van der Waals surface area contributed by atoms with E-state index in [1.807, 2.05) is 13.8 Å². The first-order chi connectivity index (χ1) is 21.5. The van der Waals surface area contributed by atoms with Gasteiger partial charge in [0.1, 0.15) is 24.4 Å². The van der Waals surface area contributed by atoms with E-state index in [1.54, 1.807) is 7.11 Å². The van der Waals surface area contributed by atoms with Crippen LogP contribution >= 0.6 is 11.8 Å². The van der Waals surface area contributed by atoms with Crippen LogP contribution in [0, 0.1) is 25.2 Å². The number of benzene rings is 2. The normalized spacial score (nSPS) is 34.0. The second-order valence-corrected chi connectivity index (χ2v) is 14.1. The summed E-state index contributed by atoms with van der Waals surface area (Å²) in [6.07, 6.45) is 0.704. The molecule has 8 atom stereocenters. The van der Waals surface area contributed by atoms with Crippen LogP contribution in [0.3, 0.4) is 0 Å². The van der Waals surface area contributed by atoms with Crippen molar-refractivity contribution < 1.29 is 38.4 Å². The minimum absolute atomic E-state index is 0.0236. The molecule has 0 amide bonds. The van der Waals surface area contributed by atoms with Gasteiger partial charge in [-0.25, -0.2) is 0 Å². The molecule has 0 aromatic heterocycles. The molecule has 0 radical (unpaired) electrons. The maximum atomic E-state index is 13.0. The summed E-state index contributed by atoms with van der Waals surface area (Å²) in [7, 11) is 1.55. The molecule has 2 unspecified atom stereocenters. The van der Waals surface area contributed by atoms with Gasteiger partial charge in [-0.2, -0.15) is 5.26 Å². The lowest BCUT2D eigenvalue weighted by molar-refractivity contribution is -0.186. The van der Waals surface area contributed by atoms with Gasteiger partial charge in [-0.05, 0) is 44.4 Å². The number of rotatable bonds is 2. The van der Waals surface area contributed by atoms with Crippen molar-refractivity contribution in [3.63, 3.8) is 0 Å². The number of carbonyl (C=O) groups is 2. The highest BCUT2D eigenvalue weighted by Gasteiger charge is 2.70. The third-order valence-corrected chi connectivity index (χ3v) is 12.1. The minimum Gasteiger partial charge on any atom is -0.504 e. The third-order valence-electron chi connectivity index (χ3n) is 10.6. The van der Waals surface area contributed by atoms with Gasteiger partial charge in [0.25, 0.3) is 0 Å². The van der Waals surface area contributed by atoms with Crippen molar-refractivity contribution in [2.45, 2.75) is 81.2 Å². The number of ether oxygens (including phenoxy) is 5. The summed E-state index contributed by atoms with van der Waals surface area (Å²) in [5.74, 6) is 1.03. The molecular weight excluding hydrogens is 600 g/mol. The quantitative estimate of drug-likeness (QED) is 0.367. The predicted octanol–water partition coefficient (Wildman–Crippen LogP) is 3.01. The number of nitriles is 1. The molecule has 2 aromatic carbocycles. The SMILES string of the molecule is COc1c(C)cc2c(c1O)[C@@H]1C3[C@@H]4SCC(N)C(=O)OC[C@@H](c5c6c(c(C)c(OC(C)=O)c54)OCO6)N3[C@@H](C#N)[C@@H]3C[C@@]2(C)N13. The zero-order valence-corrected chi connectivity index (χ0v) is 26.4. The molecule has 0 spiro atoms. The summed E-state index contributed by atoms with van der Waals surface area (Å²) < 4.78 is 29.6. The van der Waals surface area contributed by atoms with Gasteiger partial charge in [0.15, 0.2) is 23.0 Å². The second-order valence-electron chi connectivity index (χ2n) is 12.9. The van der Waals surface area contributed by atoms with Crippen molar-refractivity contribution in [2.24, 2.45) is 5.73 Å². The number of aryl methyl sites for hydroxylation is 1. The number of thioether (sulfide) groups is 1. The first-order valence-corrected chi connectivity index (χ1v) is 16.1. The fourth-order valence-corrected chi connectivity index (χ4v) is 10.4. The first kappa shape index (κ1) is 28.8. The van der Waals surface area contributed by atoms with E-state index in [4.69, 9.17) is 29.4 Å². The smallest absolute Gasteiger partial charge is 0.323 e. The minimum atomic E-state index is -0.886. The molecule has 6 aliphatic rings. The van der Waals surface area contributed by atoms with Crippen LogP contribution in [0.2, 0.25) is 0 Å². The number of methoxy groups -OCH3 is 1. The van der Waals surface area contributed by atoms with Crippen LogP contribution in [0.25, 0.3) is 0 Å². The van der Waals surface area contributed by atoms with Gasteiger partial charge in [-0.3, -0.25) is 19.4 Å². The van der Waals surface area contributed by atoms with Crippen molar-refractivity contribution in [3.8, 4) is 34.8 Å². The van der Waals surface area contributed by atoms with E-state index < -0.39 is 46.9 Å². The highest BCUT2D eigenvalue weighted by molar-refractivity contribution is 7.99. The monoisotopic (exact) mass is 634 g/mol. The van der Waals surface area contributed by atoms with Crippen LogP contribution in [0.1, 0.15) is 71.0 Å². The number of esters is 2. The fraction of sp³-hybridized carbons (Fsp3) is 0.531. The van der Waals surface area contributed by atoms with Crippen molar-refractivity contribution in [1.29, 1.82) is 5.26 Å². The van der Waals surface area contributed by atoms with Gasteiger partial charge in [0.2, 0.25) is 6.79 Å². The van der Waals surface area contributed by atoms with E-state index >= 15 is 0 Å². The van der Waals surface area contributed by atoms with Crippen LogP contribution in [0.5, 0.6) is 28.7 Å². The van der Waals surface area contributed by atoms with E-state index in [0.717, 1.165) is 22.3 Å².